The molecule has 1 fully saturated rings. The van der Waals surface area contributed by atoms with Crippen molar-refractivity contribution in [3.05, 3.63) is 163 Å². The summed E-state index contributed by atoms with van der Waals surface area (Å²) in [5, 5.41) is 42.0. The maximum Gasteiger partial charge on any atom is 0.227 e. The van der Waals surface area contributed by atoms with Crippen LogP contribution < -0.4 is 40.9 Å². The number of aliphatic hydroxyl groups excluding tert-OH is 3. The minimum Gasteiger partial charge on any atom is -0.394 e. The zero-order valence-electron chi connectivity index (χ0n) is 71.4. The lowest BCUT2D eigenvalue weighted by molar-refractivity contribution is 0.271. The number of imidazole rings is 4. The van der Waals surface area contributed by atoms with Crippen LogP contribution in [-0.4, -0.2) is 189 Å². The molecule has 4 aromatic carbocycles. The van der Waals surface area contributed by atoms with Crippen molar-refractivity contribution in [1.29, 1.82) is 0 Å². The molecule has 0 bridgehead atoms. The van der Waals surface area contributed by atoms with E-state index in [4.69, 9.17) is 39.9 Å². The molecule has 0 saturated heterocycles. The normalized spacial score (nSPS) is 13.1. The molecule has 28 heteroatoms. The second kappa shape index (κ2) is 43.3. The Morgan fingerprint density at radius 1 is 0.414 bits per heavy atom. The highest BCUT2D eigenvalue weighted by atomic mass is 16.3. The maximum atomic E-state index is 9.62. The van der Waals surface area contributed by atoms with E-state index in [9.17, 15) is 15.3 Å². The largest absolute Gasteiger partial charge is 0.394 e. The lowest BCUT2D eigenvalue weighted by Gasteiger charge is -2.29. The Labute approximate surface area is 685 Å². The van der Waals surface area contributed by atoms with Crippen LogP contribution in [0.3, 0.4) is 0 Å². The number of aromatic nitrogens is 16. The minimum atomic E-state index is -0.0858. The van der Waals surface area contributed by atoms with Crippen molar-refractivity contribution in [2.24, 2.45) is 0 Å². The highest BCUT2D eigenvalue weighted by Gasteiger charge is 2.28. The van der Waals surface area contributed by atoms with Gasteiger partial charge < -0.3 is 79.4 Å². The minimum absolute atomic E-state index is 0.0329. The summed E-state index contributed by atoms with van der Waals surface area (Å²) in [5.41, 5.74) is 11.4. The number of nitrogens with one attached hydrogen (secondary N) is 4. The number of likely N-dealkylation sites (N-methyl/N-ethyl adjacent to an activating group) is 1. The number of rotatable bonds is 37. The smallest absolute Gasteiger partial charge is 0.227 e. The van der Waals surface area contributed by atoms with Crippen molar-refractivity contribution in [3.8, 4) is 0 Å². The van der Waals surface area contributed by atoms with E-state index in [2.05, 4.69) is 236 Å². The number of anilines is 9. The molecule has 1 aliphatic rings. The first-order chi connectivity index (χ1) is 56.3. The molecular weight excluding hydrogens is 1460 g/mol. The van der Waals surface area contributed by atoms with Gasteiger partial charge in [-0.25, -0.2) is 19.9 Å². The Balaban J connectivity index is 0.000000164. The van der Waals surface area contributed by atoms with Crippen LogP contribution in [-0.2, 0) is 19.6 Å². The fourth-order valence-corrected chi connectivity index (χ4v) is 14.1. The average Bonchev–Trinajstić information content (AvgIpc) is 1.62. The van der Waals surface area contributed by atoms with Gasteiger partial charge in [-0.2, -0.15) is 39.9 Å². The highest BCUT2D eigenvalue weighted by Crippen LogP contribution is 2.37. The standard InChI is InChI=1S/C25H37N7.2C22H32N6O.C19H26N6O/c1-4-30(5-2)17-16-26-25-28-23(31(6-3)18-20-12-8-7-9-13-20)22-24(29-25)32(19-27-22)21-14-10-11-15-21;1-6-18(13-29)24-22-25-20(19-21(26-22)28(14-23-19)16(4)5)27(15(2)3)12-17-10-8-7-9-11-17;1-5-12-27(13-17-10-8-7-9-11-17)20-19-21(28(15-23-19)16(3)4)26-22(25-20)24-18(6-2)14-29;1-5-14(11-26)21-19-22-17(24(4)15-9-7-6-8-10-15)16-18(23-19)25(12-20-16)13(2)3/h7-9,12-13,19,21H,4-6,10-11,14-18H2,1-3H3,(H,26,28,29);7-11,14-16,18,29H,6,12-13H2,1-5H3,(H,24,25,26);7-11,15-16,18,29H,5-6,12-14H2,1-4H3,(H,24,25,26);6-10,12-14,26H,5,11H2,1-4H3,(H,21,22,23)/t;2*18-;14-/m.110/s1. The van der Waals surface area contributed by atoms with Crippen molar-refractivity contribution in [3.63, 3.8) is 0 Å². The SMILES string of the molecule is CCCN(Cc1ccccc1)c1nc(N[C@H](CC)CO)nc2c1ncn2C(C)C.CCN(CC)CCNc1nc(N(CC)Cc2ccccc2)c2ncn(C3CCCC3)c2n1.CC[C@@H](CO)Nc1nc(N(C)c2ccccc2)c2ncn(C(C)C)c2n1.CC[C@H](CO)Nc1nc(N(Cc2ccccc2)C(C)C)c2ncn(C(C)C)c2n1. The van der Waals surface area contributed by atoms with Gasteiger partial charge in [0, 0.05) is 88.8 Å². The molecule has 7 N–H and O–H groups in total. The number of hydrogen-bond donors (Lipinski definition) is 7. The van der Waals surface area contributed by atoms with E-state index < -0.39 is 0 Å². The van der Waals surface area contributed by atoms with Gasteiger partial charge in [-0.05, 0) is 143 Å². The summed E-state index contributed by atoms with van der Waals surface area (Å²) in [6.07, 6.45) is 15.8. The molecule has 622 valence electrons. The number of nitrogens with zero attached hydrogens (tertiary/aromatic N) is 21. The summed E-state index contributed by atoms with van der Waals surface area (Å²) in [6, 6.07) is 42.6. The maximum absolute atomic E-state index is 9.62. The van der Waals surface area contributed by atoms with Crippen molar-refractivity contribution in [1.82, 2.24) is 83.0 Å². The van der Waals surface area contributed by atoms with Gasteiger partial charge in [-0.3, -0.25) is 0 Å². The predicted octanol–water partition coefficient (Wildman–Crippen LogP) is 16.1. The highest BCUT2D eigenvalue weighted by molar-refractivity contribution is 5.89. The van der Waals surface area contributed by atoms with E-state index in [0.29, 0.717) is 29.8 Å². The Morgan fingerprint density at radius 3 is 1.22 bits per heavy atom. The lowest BCUT2D eigenvalue weighted by atomic mass is 10.2. The quantitative estimate of drug-likeness (QED) is 0.0190. The van der Waals surface area contributed by atoms with Gasteiger partial charge in [0.25, 0.3) is 0 Å². The molecule has 0 amide bonds. The van der Waals surface area contributed by atoms with Gasteiger partial charge in [0.15, 0.2) is 67.9 Å². The molecule has 28 nitrogen and oxygen atoms in total. The molecular formula is C88H127N25O3. The third-order valence-electron chi connectivity index (χ3n) is 21.2. The summed E-state index contributed by atoms with van der Waals surface area (Å²) in [7, 11) is 1.97. The lowest BCUT2D eigenvalue weighted by Crippen LogP contribution is -2.32. The van der Waals surface area contributed by atoms with E-state index in [-0.39, 0.29) is 62.1 Å². The second-order valence-electron chi connectivity index (χ2n) is 30.8. The number of benzene rings is 4. The molecule has 8 aromatic heterocycles. The molecule has 0 radical (unpaired) electrons. The summed E-state index contributed by atoms with van der Waals surface area (Å²) in [6.45, 7) is 39.8. The summed E-state index contributed by atoms with van der Waals surface area (Å²) >= 11 is 0. The molecule has 0 unspecified atom stereocenters. The third kappa shape index (κ3) is 22.5. The van der Waals surface area contributed by atoms with Crippen LogP contribution >= 0.6 is 0 Å². The molecule has 0 aliphatic heterocycles. The Morgan fingerprint density at radius 2 is 0.793 bits per heavy atom. The zero-order chi connectivity index (χ0) is 82.8. The fraction of sp³-hybridized carbons (Fsp3) is 0.500. The number of aliphatic hydroxyl groups is 3. The van der Waals surface area contributed by atoms with E-state index in [1.807, 2.05) is 98.7 Å². The van der Waals surface area contributed by atoms with Crippen molar-refractivity contribution < 1.29 is 15.3 Å². The van der Waals surface area contributed by atoms with Gasteiger partial charge in [-0.1, -0.05) is 164 Å². The van der Waals surface area contributed by atoms with Crippen LogP contribution in [0.5, 0.6) is 0 Å². The molecule has 0 spiro atoms. The summed E-state index contributed by atoms with van der Waals surface area (Å²) in [4.78, 5) is 68.4. The van der Waals surface area contributed by atoms with Gasteiger partial charge in [0.1, 0.15) is 0 Å². The van der Waals surface area contributed by atoms with Crippen LogP contribution in [0.1, 0.15) is 196 Å². The van der Waals surface area contributed by atoms with Crippen LogP contribution in [0.4, 0.5) is 52.8 Å². The van der Waals surface area contributed by atoms with E-state index >= 15 is 0 Å². The van der Waals surface area contributed by atoms with Gasteiger partial charge in [-0.15, -0.1) is 0 Å². The van der Waals surface area contributed by atoms with Crippen molar-refractivity contribution in [2.75, 3.05) is 107 Å². The molecule has 1 aliphatic carbocycles. The fourth-order valence-electron chi connectivity index (χ4n) is 14.1. The molecule has 8 heterocycles. The average molecular weight is 1580 g/mol. The van der Waals surface area contributed by atoms with Crippen LogP contribution in [0.15, 0.2) is 147 Å². The van der Waals surface area contributed by atoms with Crippen LogP contribution in [0, 0.1) is 0 Å². The van der Waals surface area contributed by atoms with Gasteiger partial charge in [0.2, 0.25) is 23.8 Å². The van der Waals surface area contributed by atoms with E-state index in [0.717, 1.165) is 158 Å². The number of para-hydroxylation sites is 1. The Bertz CT molecular complexity index is 4880. The molecule has 116 heavy (non-hydrogen) atoms. The van der Waals surface area contributed by atoms with E-state index in [1.54, 1.807) is 6.33 Å². The first-order valence-electron chi connectivity index (χ1n) is 42.0. The summed E-state index contributed by atoms with van der Waals surface area (Å²) < 4.78 is 8.45. The first-order valence-corrected chi connectivity index (χ1v) is 42.0. The van der Waals surface area contributed by atoms with Gasteiger partial charge in [0.05, 0.1) is 63.3 Å². The van der Waals surface area contributed by atoms with Crippen molar-refractivity contribution in [2.45, 2.75) is 223 Å². The Hall–Kier alpha value is -10.7. The molecule has 12 aromatic rings. The predicted molar refractivity (Wildman–Crippen MR) is 474 cm³/mol. The van der Waals surface area contributed by atoms with Gasteiger partial charge >= 0.3 is 0 Å². The Kier molecular flexibility index (Phi) is 32.8. The third-order valence-corrected chi connectivity index (χ3v) is 21.2. The zero-order valence-corrected chi connectivity index (χ0v) is 71.4. The second-order valence-corrected chi connectivity index (χ2v) is 30.8. The summed E-state index contributed by atoms with van der Waals surface area (Å²) in [5.74, 6) is 5.54. The number of hydrogen-bond acceptors (Lipinski definition) is 24. The number of fused-ring (bicyclic) bond motifs is 4. The molecule has 1 saturated carbocycles. The van der Waals surface area contributed by atoms with Crippen LogP contribution in [0.25, 0.3) is 44.7 Å². The van der Waals surface area contributed by atoms with E-state index in [1.165, 1.54) is 42.4 Å². The molecule has 13 rings (SSSR count). The topological polar surface area (TPSA) is 299 Å². The monoisotopic (exact) mass is 1580 g/mol. The van der Waals surface area contributed by atoms with Crippen molar-refractivity contribution >= 4 is 97.4 Å². The molecule has 3 atom stereocenters. The van der Waals surface area contributed by atoms with Crippen LogP contribution in [0.2, 0.25) is 0 Å². The first kappa shape index (κ1) is 87.7.